The molecule has 0 aliphatic carbocycles. The Morgan fingerprint density at radius 2 is 2.04 bits per heavy atom. The van der Waals surface area contributed by atoms with Crippen molar-refractivity contribution in [2.75, 3.05) is 18.5 Å². The minimum atomic E-state index is -0.325. The molecular weight excluding hydrogens is 318 g/mol. The molecule has 1 aliphatic heterocycles. The van der Waals surface area contributed by atoms with Gasteiger partial charge in [0.05, 0.1) is 12.5 Å². The fraction of sp³-hybridized carbons (Fsp3) is 0.421. The Hall–Kier alpha value is -2.63. The van der Waals surface area contributed by atoms with Gasteiger partial charge in [0, 0.05) is 31.8 Å². The van der Waals surface area contributed by atoms with Gasteiger partial charge in [-0.25, -0.2) is 0 Å². The van der Waals surface area contributed by atoms with Gasteiger partial charge >= 0.3 is 0 Å². The highest BCUT2D eigenvalue weighted by Crippen LogP contribution is 2.27. The highest BCUT2D eigenvalue weighted by atomic mass is 16.5. The zero-order valence-corrected chi connectivity index (χ0v) is 14.8. The summed E-state index contributed by atoms with van der Waals surface area (Å²) in [5, 5.41) is 3.82. The molecule has 2 aromatic rings. The molecule has 1 saturated heterocycles. The maximum Gasteiger partial charge on any atom is 0.228 e. The zero-order valence-electron chi connectivity index (χ0n) is 14.8. The molecule has 2 heterocycles. The Morgan fingerprint density at radius 1 is 1.32 bits per heavy atom. The standard InChI is InChI=1S/C19H23N3O3/c1-13(2)14-4-6-17(7-5-14)22-11-15(10-18(22)23)19(24)21(3)12-16-8-9-25-20-16/h4-9,13,15H,10-12H2,1-3H3/t15-/m1/s1. The first kappa shape index (κ1) is 17.2. The third kappa shape index (κ3) is 3.73. The van der Waals surface area contributed by atoms with E-state index < -0.39 is 0 Å². The minimum Gasteiger partial charge on any atom is -0.364 e. The topological polar surface area (TPSA) is 66.7 Å². The molecule has 0 N–H and O–H groups in total. The lowest BCUT2D eigenvalue weighted by Gasteiger charge is -2.21. The number of carbonyl (C=O) groups excluding carboxylic acids is 2. The lowest BCUT2D eigenvalue weighted by atomic mass is 10.0. The molecule has 1 atom stereocenters. The van der Waals surface area contributed by atoms with Crippen LogP contribution in [0.2, 0.25) is 0 Å². The summed E-state index contributed by atoms with van der Waals surface area (Å²) >= 11 is 0. The van der Waals surface area contributed by atoms with Crippen molar-refractivity contribution >= 4 is 17.5 Å². The molecule has 1 aromatic carbocycles. The molecule has 25 heavy (non-hydrogen) atoms. The van der Waals surface area contributed by atoms with E-state index in [2.05, 4.69) is 19.0 Å². The van der Waals surface area contributed by atoms with E-state index in [4.69, 9.17) is 4.52 Å². The molecule has 0 saturated carbocycles. The van der Waals surface area contributed by atoms with Crippen LogP contribution < -0.4 is 4.90 Å². The Morgan fingerprint density at radius 3 is 2.64 bits per heavy atom. The van der Waals surface area contributed by atoms with Crippen molar-refractivity contribution in [3.63, 3.8) is 0 Å². The van der Waals surface area contributed by atoms with E-state index in [9.17, 15) is 9.59 Å². The van der Waals surface area contributed by atoms with Crippen LogP contribution in [0.3, 0.4) is 0 Å². The SMILES string of the molecule is CC(C)c1ccc(N2C[C@H](C(=O)N(C)Cc3ccon3)CC2=O)cc1. The predicted molar refractivity (Wildman–Crippen MR) is 94.0 cm³/mol. The molecular formula is C19H23N3O3. The van der Waals surface area contributed by atoms with Crippen LogP contribution in [-0.4, -0.2) is 35.5 Å². The normalized spacial score (nSPS) is 17.4. The summed E-state index contributed by atoms with van der Waals surface area (Å²) in [6.45, 7) is 5.07. The van der Waals surface area contributed by atoms with Crippen molar-refractivity contribution in [2.24, 2.45) is 5.92 Å². The molecule has 1 aromatic heterocycles. The lowest BCUT2D eigenvalue weighted by molar-refractivity contribution is -0.135. The third-order valence-corrected chi connectivity index (χ3v) is 4.61. The number of anilines is 1. The van der Waals surface area contributed by atoms with Gasteiger partial charge in [0.2, 0.25) is 11.8 Å². The second-order valence-corrected chi connectivity index (χ2v) is 6.84. The summed E-state index contributed by atoms with van der Waals surface area (Å²) in [4.78, 5) is 28.3. The van der Waals surface area contributed by atoms with Gasteiger partial charge in [0.15, 0.2) is 0 Å². The number of benzene rings is 1. The third-order valence-electron chi connectivity index (χ3n) is 4.61. The maximum atomic E-state index is 12.6. The molecule has 1 aliphatic rings. The average Bonchev–Trinajstić information content (AvgIpc) is 3.23. The first-order valence-electron chi connectivity index (χ1n) is 8.50. The average molecular weight is 341 g/mol. The highest BCUT2D eigenvalue weighted by Gasteiger charge is 2.36. The Labute approximate surface area is 147 Å². The van der Waals surface area contributed by atoms with Gasteiger partial charge in [-0.2, -0.15) is 0 Å². The summed E-state index contributed by atoms with van der Waals surface area (Å²) in [6.07, 6.45) is 1.73. The summed E-state index contributed by atoms with van der Waals surface area (Å²) < 4.78 is 4.79. The molecule has 0 unspecified atom stereocenters. The fourth-order valence-corrected chi connectivity index (χ4v) is 3.11. The molecule has 0 spiro atoms. The Kier molecular flexibility index (Phi) is 4.88. The predicted octanol–water partition coefficient (Wildman–Crippen LogP) is 2.81. The molecule has 3 rings (SSSR count). The molecule has 6 heteroatoms. The van der Waals surface area contributed by atoms with E-state index >= 15 is 0 Å². The highest BCUT2D eigenvalue weighted by molar-refractivity contribution is 6.00. The summed E-state index contributed by atoms with van der Waals surface area (Å²) in [5.74, 6) is 0.0696. The molecule has 132 valence electrons. The van der Waals surface area contributed by atoms with E-state index in [1.165, 1.54) is 11.8 Å². The van der Waals surface area contributed by atoms with Crippen molar-refractivity contribution in [2.45, 2.75) is 32.7 Å². The quantitative estimate of drug-likeness (QED) is 0.839. The maximum absolute atomic E-state index is 12.6. The van der Waals surface area contributed by atoms with Crippen LogP contribution in [0.5, 0.6) is 0 Å². The number of hydrogen-bond acceptors (Lipinski definition) is 4. The van der Waals surface area contributed by atoms with Crippen LogP contribution in [0.1, 0.15) is 37.4 Å². The van der Waals surface area contributed by atoms with E-state index in [1.54, 1.807) is 22.9 Å². The fourth-order valence-electron chi connectivity index (χ4n) is 3.11. The summed E-state index contributed by atoms with van der Waals surface area (Å²) in [6, 6.07) is 9.73. The molecule has 0 bridgehead atoms. The summed E-state index contributed by atoms with van der Waals surface area (Å²) in [7, 11) is 1.72. The first-order valence-corrected chi connectivity index (χ1v) is 8.50. The van der Waals surface area contributed by atoms with Gasteiger partial charge in [-0.3, -0.25) is 9.59 Å². The van der Waals surface area contributed by atoms with Crippen LogP contribution in [0, 0.1) is 5.92 Å². The van der Waals surface area contributed by atoms with Crippen molar-refractivity contribution in [1.29, 1.82) is 0 Å². The number of hydrogen-bond donors (Lipinski definition) is 0. The van der Waals surface area contributed by atoms with E-state index in [0.29, 0.717) is 24.7 Å². The van der Waals surface area contributed by atoms with Crippen molar-refractivity contribution in [1.82, 2.24) is 10.1 Å². The minimum absolute atomic E-state index is 0.00881. The first-order chi connectivity index (χ1) is 12.0. The van der Waals surface area contributed by atoms with Gasteiger partial charge in [-0.1, -0.05) is 31.1 Å². The van der Waals surface area contributed by atoms with Crippen LogP contribution in [0.25, 0.3) is 0 Å². The number of rotatable bonds is 5. The lowest BCUT2D eigenvalue weighted by Crippen LogP contribution is -2.34. The van der Waals surface area contributed by atoms with Gasteiger partial charge in [0.25, 0.3) is 0 Å². The Balaban J connectivity index is 1.66. The number of amides is 2. The van der Waals surface area contributed by atoms with Gasteiger partial charge < -0.3 is 14.3 Å². The van der Waals surface area contributed by atoms with Gasteiger partial charge in [-0.05, 0) is 23.6 Å². The molecule has 0 radical (unpaired) electrons. The van der Waals surface area contributed by atoms with Crippen molar-refractivity contribution in [3.05, 3.63) is 47.9 Å². The summed E-state index contributed by atoms with van der Waals surface area (Å²) in [5.41, 5.74) is 2.78. The number of aromatic nitrogens is 1. The van der Waals surface area contributed by atoms with Gasteiger partial charge in [0.1, 0.15) is 12.0 Å². The molecule has 6 nitrogen and oxygen atoms in total. The Bertz CT molecular complexity index is 738. The molecule has 1 fully saturated rings. The van der Waals surface area contributed by atoms with E-state index in [-0.39, 0.29) is 24.2 Å². The second kappa shape index (κ2) is 7.09. The molecule has 2 amide bonds. The van der Waals surface area contributed by atoms with Crippen LogP contribution >= 0.6 is 0 Å². The van der Waals surface area contributed by atoms with Crippen molar-refractivity contribution < 1.29 is 14.1 Å². The zero-order chi connectivity index (χ0) is 18.0. The van der Waals surface area contributed by atoms with E-state index in [1.807, 2.05) is 24.3 Å². The van der Waals surface area contributed by atoms with Gasteiger partial charge in [-0.15, -0.1) is 0 Å². The van der Waals surface area contributed by atoms with Crippen LogP contribution in [-0.2, 0) is 16.1 Å². The number of carbonyl (C=O) groups is 2. The second-order valence-electron chi connectivity index (χ2n) is 6.84. The van der Waals surface area contributed by atoms with E-state index in [0.717, 1.165) is 5.69 Å². The van der Waals surface area contributed by atoms with Crippen molar-refractivity contribution in [3.8, 4) is 0 Å². The van der Waals surface area contributed by atoms with Crippen LogP contribution in [0.15, 0.2) is 41.1 Å². The van der Waals surface area contributed by atoms with Crippen LogP contribution in [0.4, 0.5) is 5.69 Å². The largest absolute Gasteiger partial charge is 0.364 e. The monoisotopic (exact) mass is 341 g/mol. The number of nitrogens with zero attached hydrogens (tertiary/aromatic N) is 3. The smallest absolute Gasteiger partial charge is 0.228 e.